The molecule has 17 rings (SSSR count). The molecule has 3 amide bonds. The first-order valence-corrected chi connectivity index (χ1v) is 48.5. The summed E-state index contributed by atoms with van der Waals surface area (Å²) in [5.74, 6) is 2.27. The third-order valence-electron chi connectivity index (χ3n) is 30.8. The summed E-state index contributed by atoms with van der Waals surface area (Å²) in [5.41, 5.74) is 4.05. The molecule has 737 valence electrons. The van der Waals surface area contributed by atoms with E-state index in [2.05, 4.69) is 0 Å². The Kier molecular flexibility index (Phi) is 35.9. The number of carbonyl (C=O) groups is 6. The number of aryl methyl sites for hydroxylation is 3. The number of methoxy groups -OCH3 is 6. The van der Waals surface area contributed by atoms with E-state index in [1.165, 1.54) is 48.9 Å². The van der Waals surface area contributed by atoms with Gasteiger partial charge in [-0.25, -0.2) is 48.8 Å². The Morgan fingerprint density at radius 2 is 0.743 bits per heavy atom. The van der Waals surface area contributed by atoms with Crippen LogP contribution in [0.5, 0.6) is 34.9 Å². The van der Waals surface area contributed by atoms with Crippen LogP contribution in [0.3, 0.4) is 0 Å². The van der Waals surface area contributed by atoms with Crippen molar-refractivity contribution in [3.63, 3.8) is 0 Å². The van der Waals surface area contributed by atoms with Crippen molar-refractivity contribution in [2.45, 2.75) is 309 Å². The zero-order valence-corrected chi connectivity index (χ0v) is 86.0. The van der Waals surface area contributed by atoms with Crippen LogP contribution in [0.2, 0.25) is 0 Å². The predicted octanol–water partition coefficient (Wildman–Crippen LogP) is 14.3. The molecule has 8 bridgehead atoms. The molecule has 136 heavy (non-hydrogen) atoms. The molecule has 11 aliphatic rings. The minimum atomic E-state index is -1.01. The van der Waals surface area contributed by atoms with Crippen LogP contribution < -0.4 is 28.4 Å². The fraction of sp³-hybridized carbons (Fsp3) is 0.680. The van der Waals surface area contributed by atoms with Crippen LogP contribution in [0, 0.1) is 75.4 Å². The van der Waals surface area contributed by atoms with Crippen molar-refractivity contribution < 1.29 is 156 Å². The number of amides is 3. The molecule has 0 N–H and O–H groups in total. The van der Waals surface area contributed by atoms with Gasteiger partial charge >= 0.3 is 17.9 Å². The van der Waals surface area contributed by atoms with Crippen molar-refractivity contribution in [3.05, 3.63) is 71.7 Å². The zero-order chi connectivity index (χ0) is 94.7. The molecular formula is C103H136N9O21V3-3. The van der Waals surface area contributed by atoms with Crippen LogP contribution in [-0.4, -0.2) is 234 Å². The summed E-state index contributed by atoms with van der Waals surface area (Å²) in [6, 6.07) is 13.7. The summed E-state index contributed by atoms with van der Waals surface area (Å²) in [4.78, 5) is 154. The zero-order valence-electron chi connectivity index (χ0n) is 81.8. The number of hydrogen-bond acceptors (Lipinski definition) is 27. The van der Waals surface area contributed by atoms with Gasteiger partial charge in [-0.1, -0.05) is 101 Å². The molecule has 33 heteroatoms. The third-order valence-corrected chi connectivity index (χ3v) is 30.8. The molecule has 3 radical (unpaired) electrons. The van der Waals surface area contributed by atoms with E-state index in [4.69, 9.17) is 86.7 Å². The Labute approximate surface area is 835 Å². The van der Waals surface area contributed by atoms with Gasteiger partial charge in [0.25, 0.3) is 0 Å². The summed E-state index contributed by atoms with van der Waals surface area (Å²) in [6.07, 6.45) is 23.6. The summed E-state index contributed by atoms with van der Waals surface area (Å²) in [5, 5.41) is 0. The van der Waals surface area contributed by atoms with E-state index in [-0.39, 0.29) is 148 Å². The van der Waals surface area contributed by atoms with E-state index < -0.39 is 94.3 Å². The molecule has 0 spiro atoms. The summed E-state index contributed by atoms with van der Waals surface area (Å²) in [6.45, 7) is 19.7. The molecule has 3 aromatic carbocycles. The van der Waals surface area contributed by atoms with Crippen LogP contribution in [-0.2, 0) is 147 Å². The van der Waals surface area contributed by atoms with E-state index in [9.17, 15) is 43.2 Å². The Hall–Kier alpha value is -8.06. The number of rotatable bonds is 9. The first-order valence-electron chi connectivity index (χ1n) is 48.5. The average Bonchev–Trinajstić information content (AvgIpc) is 1.59. The van der Waals surface area contributed by atoms with Gasteiger partial charge in [-0.2, -0.15) is 0 Å². The van der Waals surface area contributed by atoms with Crippen LogP contribution in [0.4, 0.5) is 0 Å². The molecule has 5 aliphatic carbocycles. The maximum absolute atomic E-state index is 14.3. The van der Waals surface area contributed by atoms with E-state index in [0.29, 0.717) is 106 Å². The van der Waals surface area contributed by atoms with Crippen molar-refractivity contribution in [3.8, 4) is 34.9 Å². The first-order chi connectivity index (χ1) is 63.7. The topological polar surface area (TPSA) is 351 Å². The summed E-state index contributed by atoms with van der Waals surface area (Å²) < 4.78 is 71.6. The monoisotopic (exact) mass is 1990 g/mol. The van der Waals surface area contributed by atoms with Gasteiger partial charge in [-0.15, -0.1) is 0 Å². The van der Waals surface area contributed by atoms with Crippen molar-refractivity contribution in [1.29, 1.82) is 0 Å². The van der Waals surface area contributed by atoms with Gasteiger partial charge in [0.15, 0.2) is 0 Å². The molecule has 2 unspecified atom stereocenters. The average molecular weight is 1990 g/mol. The molecule has 30 nitrogen and oxygen atoms in total. The Balaban J connectivity index is 0.000000181. The molecule has 6 aliphatic heterocycles. The molecule has 3 saturated heterocycles. The SMILES string of the molecule is COc1ccc2nc3c(nc2c1)O[C@H]1CN(C(=O)[C@H](C(C)(C)C)CC(=O)O[C@@H]2CC4CC4[C@H]2CCCCC3)[C@H]([C-]=O)[C@@H]1OC.COc1ccc2nc3c(nc2c1)O[C@H]1CN(C(=O)[C@H](C(C)(C)C)CC(=O)O[C@@H]2[C@H]4CC[C@H](C4)[C@H]2CCCCC3)[C@H]([C-]=O)[C@@H]1OC.COc1ccc2nc3c(nc2c1)O[C@H]1CN(C(=O)[C@H](C(C)(C)C)CC(=O)O[C@]2(C)CCC[C@H]2CCCCC3)[C@H]([C-]=O)[C@@H]1OC.[V].[V].[V]. The minimum Gasteiger partial charge on any atom is -0.540 e. The van der Waals surface area contributed by atoms with Crippen molar-refractivity contribution in [2.24, 2.45) is 75.4 Å². The van der Waals surface area contributed by atoms with Crippen molar-refractivity contribution in [1.82, 2.24) is 44.6 Å². The van der Waals surface area contributed by atoms with E-state index in [1.54, 1.807) is 21.3 Å². The molecule has 8 fully saturated rings. The number of fused-ring (bicyclic) bond motifs is 21. The van der Waals surface area contributed by atoms with Crippen molar-refractivity contribution in [2.75, 3.05) is 62.3 Å². The molecule has 6 aromatic rings. The second-order valence-electron chi connectivity index (χ2n) is 42.3. The van der Waals surface area contributed by atoms with Crippen molar-refractivity contribution >= 4 is 87.6 Å². The number of aromatic nitrogens is 6. The molecule has 22 atom stereocenters. The van der Waals surface area contributed by atoms with Gasteiger partial charge in [0.1, 0.15) is 70.5 Å². The van der Waals surface area contributed by atoms with E-state index >= 15 is 0 Å². The fourth-order valence-corrected chi connectivity index (χ4v) is 23.1. The van der Waals surface area contributed by atoms with Gasteiger partial charge in [-0.3, -0.25) is 28.8 Å². The molecular weight excluding hydrogens is 1850 g/mol. The van der Waals surface area contributed by atoms with Gasteiger partial charge in [0.2, 0.25) is 35.4 Å². The largest absolute Gasteiger partial charge is 0.540 e. The number of hydrogen-bond donors (Lipinski definition) is 0. The molecule has 3 aromatic heterocycles. The number of esters is 3. The quantitative estimate of drug-likeness (QED) is 0.0737. The molecule has 5 saturated carbocycles. The summed E-state index contributed by atoms with van der Waals surface area (Å²) >= 11 is 0. The van der Waals surface area contributed by atoms with Gasteiger partial charge in [-0.05, 0) is 228 Å². The molecule has 9 heterocycles. The number of carbonyl (C=O) groups excluding carboxylic acids is 9. The van der Waals surface area contributed by atoms with E-state index in [1.807, 2.05) is 143 Å². The smallest absolute Gasteiger partial charge is 0.307 e. The maximum Gasteiger partial charge on any atom is 0.307 e. The second kappa shape index (κ2) is 45.7. The third kappa shape index (κ3) is 23.7. The van der Waals surface area contributed by atoms with Crippen LogP contribution >= 0.6 is 0 Å². The van der Waals surface area contributed by atoms with E-state index in [0.717, 1.165) is 149 Å². The van der Waals surface area contributed by atoms with Gasteiger partial charge in [0.05, 0.1) is 129 Å². The Morgan fingerprint density at radius 1 is 0.375 bits per heavy atom. The first kappa shape index (κ1) is 107. The predicted molar refractivity (Wildman–Crippen MR) is 492 cm³/mol. The van der Waals surface area contributed by atoms with Gasteiger partial charge < -0.3 is 85.9 Å². The second-order valence-corrected chi connectivity index (χ2v) is 42.3. The van der Waals surface area contributed by atoms with Crippen LogP contribution in [0.15, 0.2) is 54.6 Å². The maximum atomic E-state index is 14.3. The number of ether oxygens (including phenoxy) is 12. The number of benzene rings is 3. The fourth-order valence-electron chi connectivity index (χ4n) is 23.1. The van der Waals surface area contributed by atoms with Crippen LogP contribution in [0.25, 0.3) is 33.1 Å². The number of nitrogens with zero attached hydrogens (tertiary/aromatic N) is 9. The van der Waals surface area contributed by atoms with Crippen LogP contribution in [0.1, 0.15) is 234 Å². The normalized spacial score (nSPS) is 31.3. The Bertz CT molecular complexity index is 5130. The Morgan fingerprint density at radius 3 is 1.12 bits per heavy atom. The standard InChI is InChI=1S/C35H46N3O7.C34H44N3O7.C34H46N3O7.3V/c1-35(2,3)24-17-30(40)45-31-21-12-11-20(15-21)23(31)9-7-6-8-10-26-33(37-27-16-22(42-4)13-14-25(27)36-26)44-29-18-38(34(24)41)28(19-39)32(29)43-5;1-34(2,3)23-16-30(39)43-28-14-19-13-22(19)21(28)9-7-6-8-10-25-32(36-26-15-20(41-4)11-12-24(26)35-25)44-29-17-37(33(23)40)27(18-38)31(29)42-5;1-33(2,3)23-18-29(39)44-34(4)16-10-12-21(34)11-8-7-9-13-25-31(36-26-17-22(41-5)14-15-24(26)35-25)43-28-19-37(32(23)40)27(20-38)30(28)42-6;;;/h13-14,16,20-21,23-24,28-29,31-32H,6-12,15,17-18H2,1-5H3;11-12,15,19,21-23,27-29,31H,6-10,13-14,16-17H2,1-5H3;14-15,17,21,23,27-28,30H,7-13,16,18-19H2,1-6H3;;;/q3*-1;;;/t20-,21+,23-,24-,28-,29+,31-,32+;19?,21-,22?,23-,27-,28-,29+,31+;21-,23-,27-,28+,30+,34-;;;/m111.../s1. The summed E-state index contributed by atoms with van der Waals surface area (Å²) in [7, 11) is 9.28. The minimum absolute atomic E-state index is 0. The van der Waals surface area contributed by atoms with Gasteiger partial charge in [0, 0.05) is 95.2 Å².